The predicted molar refractivity (Wildman–Crippen MR) is 107 cm³/mol. The molecule has 0 bridgehead atoms. The van der Waals surface area contributed by atoms with Crippen LogP contribution in [-0.4, -0.2) is 34.0 Å². The number of aromatic nitrogens is 2. The van der Waals surface area contributed by atoms with Crippen molar-refractivity contribution in [2.45, 2.75) is 45.3 Å². The van der Waals surface area contributed by atoms with Crippen LogP contribution in [0.5, 0.6) is 11.5 Å². The zero-order valence-electron chi connectivity index (χ0n) is 15.9. The maximum absolute atomic E-state index is 10.3. The standard InChI is InChI=1S/C22H28N2O3/c1-2-3-4-7-14-26-19-10-12-20(13-11-19)27-16-18(25)15-24-17-23-21-8-5-6-9-22(21)24/h5-6,8-13,17-18,25H,2-4,7,14-16H2,1H3. The van der Waals surface area contributed by atoms with Crippen LogP contribution >= 0.6 is 0 Å². The molecule has 1 aromatic heterocycles. The van der Waals surface area contributed by atoms with E-state index in [1.807, 2.05) is 53.1 Å². The normalized spacial score (nSPS) is 12.2. The van der Waals surface area contributed by atoms with Gasteiger partial charge in [0.2, 0.25) is 0 Å². The lowest BCUT2D eigenvalue weighted by molar-refractivity contribution is 0.0934. The van der Waals surface area contributed by atoms with Crippen LogP contribution in [0.1, 0.15) is 32.6 Å². The Morgan fingerprint density at radius 3 is 2.48 bits per heavy atom. The number of imidazole rings is 1. The van der Waals surface area contributed by atoms with Crippen LogP contribution < -0.4 is 9.47 Å². The highest BCUT2D eigenvalue weighted by molar-refractivity contribution is 5.74. The number of aliphatic hydroxyl groups excluding tert-OH is 1. The molecule has 0 aliphatic rings. The van der Waals surface area contributed by atoms with Crippen LogP contribution in [0.25, 0.3) is 11.0 Å². The Balaban J connectivity index is 1.42. The lowest BCUT2D eigenvalue weighted by atomic mass is 10.2. The summed E-state index contributed by atoms with van der Waals surface area (Å²) in [4.78, 5) is 4.34. The Bertz CT molecular complexity index is 814. The maximum atomic E-state index is 10.3. The summed E-state index contributed by atoms with van der Waals surface area (Å²) >= 11 is 0. The molecule has 0 fully saturated rings. The minimum absolute atomic E-state index is 0.226. The Morgan fingerprint density at radius 1 is 0.963 bits per heavy atom. The van der Waals surface area contributed by atoms with Crippen LogP contribution in [0.15, 0.2) is 54.9 Å². The van der Waals surface area contributed by atoms with Crippen molar-refractivity contribution < 1.29 is 14.6 Å². The van der Waals surface area contributed by atoms with E-state index < -0.39 is 6.10 Å². The Kier molecular flexibility index (Phi) is 7.11. The molecule has 0 spiro atoms. The molecule has 2 aromatic carbocycles. The van der Waals surface area contributed by atoms with Gasteiger partial charge < -0.3 is 19.1 Å². The topological polar surface area (TPSA) is 56.5 Å². The van der Waals surface area contributed by atoms with Crippen LogP contribution in [0.2, 0.25) is 0 Å². The highest BCUT2D eigenvalue weighted by Gasteiger charge is 2.09. The fourth-order valence-electron chi connectivity index (χ4n) is 2.98. The van der Waals surface area contributed by atoms with Crippen molar-refractivity contribution >= 4 is 11.0 Å². The molecule has 0 aliphatic carbocycles. The van der Waals surface area contributed by atoms with Crippen molar-refractivity contribution in [3.63, 3.8) is 0 Å². The number of nitrogens with zero attached hydrogens (tertiary/aromatic N) is 2. The second-order valence-electron chi connectivity index (χ2n) is 6.73. The second kappa shape index (κ2) is 9.97. The molecule has 3 rings (SSSR count). The van der Waals surface area contributed by atoms with Gasteiger partial charge in [0.1, 0.15) is 24.2 Å². The van der Waals surface area contributed by atoms with Gasteiger partial charge in [-0.05, 0) is 42.8 Å². The van der Waals surface area contributed by atoms with Gasteiger partial charge in [-0.2, -0.15) is 0 Å². The first-order valence-corrected chi connectivity index (χ1v) is 9.70. The molecule has 3 aromatic rings. The summed E-state index contributed by atoms with van der Waals surface area (Å²) in [6, 6.07) is 15.4. The number of fused-ring (bicyclic) bond motifs is 1. The van der Waals surface area contributed by atoms with E-state index in [9.17, 15) is 5.11 Å². The minimum atomic E-state index is -0.614. The molecule has 1 unspecified atom stereocenters. The van der Waals surface area contributed by atoms with E-state index in [2.05, 4.69) is 11.9 Å². The quantitative estimate of drug-likeness (QED) is 0.509. The summed E-state index contributed by atoms with van der Waals surface area (Å²) in [5.74, 6) is 1.58. The Labute approximate surface area is 160 Å². The molecule has 144 valence electrons. The molecule has 0 aliphatic heterocycles. The van der Waals surface area contributed by atoms with E-state index in [4.69, 9.17) is 9.47 Å². The third-order valence-corrected chi connectivity index (χ3v) is 4.47. The molecule has 0 saturated carbocycles. The third kappa shape index (κ3) is 5.73. The van der Waals surface area contributed by atoms with Gasteiger partial charge in [-0.15, -0.1) is 0 Å². The van der Waals surface area contributed by atoms with E-state index in [0.29, 0.717) is 6.54 Å². The summed E-state index contributed by atoms with van der Waals surface area (Å²) in [5, 5.41) is 10.3. The molecule has 0 radical (unpaired) electrons. The van der Waals surface area contributed by atoms with Gasteiger partial charge in [-0.1, -0.05) is 38.3 Å². The first-order chi connectivity index (χ1) is 13.3. The van der Waals surface area contributed by atoms with Gasteiger partial charge in [0.25, 0.3) is 0 Å². The maximum Gasteiger partial charge on any atom is 0.119 e. The monoisotopic (exact) mass is 368 g/mol. The molecule has 1 N–H and O–H groups in total. The summed E-state index contributed by atoms with van der Waals surface area (Å²) in [6.45, 7) is 3.62. The Morgan fingerprint density at radius 2 is 1.70 bits per heavy atom. The number of rotatable bonds is 11. The first-order valence-electron chi connectivity index (χ1n) is 9.70. The summed E-state index contributed by atoms with van der Waals surface area (Å²) < 4.78 is 13.4. The highest BCUT2D eigenvalue weighted by atomic mass is 16.5. The minimum Gasteiger partial charge on any atom is -0.494 e. The third-order valence-electron chi connectivity index (χ3n) is 4.47. The van der Waals surface area contributed by atoms with E-state index in [1.165, 1.54) is 19.3 Å². The molecule has 5 nitrogen and oxygen atoms in total. The van der Waals surface area contributed by atoms with E-state index in [1.54, 1.807) is 6.33 Å². The fraction of sp³-hybridized carbons (Fsp3) is 0.409. The van der Waals surface area contributed by atoms with E-state index in [0.717, 1.165) is 35.6 Å². The van der Waals surface area contributed by atoms with Gasteiger partial charge in [-0.25, -0.2) is 4.98 Å². The molecule has 0 amide bonds. The number of aliphatic hydroxyl groups is 1. The molecular formula is C22H28N2O3. The van der Waals surface area contributed by atoms with Crippen LogP contribution in [0, 0.1) is 0 Å². The molecular weight excluding hydrogens is 340 g/mol. The first kappa shape index (κ1) is 19.2. The van der Waals surface area contributed by atoms with Crippen molar-refractivity contribution in [2.75, 3.05) is 13.2 Å². The van der Waals surface area contributed by atoms with Crippen LogP contribution in [0.4, 0.5) is 0 Å². The molecule has 1 atom stereocenters. The zero-order valence-corrected chi connectivity index (χ0v) is 15.9. The van der Waals surface area contributed by atoms with Gasteiger partial charge in [0.05, 0.1) is 30.5 Å². The smallest absolute Gasteiger partial charge is 0.119 e. The van der Waals surface area contributed by atoms with E-state index in [-0.39, 0.29) is 6.61 Å². The number of hydrogen-bond acceptors (Lipinski definition) is 4. The average Bonchev–Trinajstić information content (AvgIpc) is 3.10. The predicted octanol–water partition coefficient (Wildman–Crippen LogP) is 4.44. The number of ether oxygens (including phenoxy) is 2. The summed E-state index contributed by atoms with van der Waals surface area (Å²) in [7, 11) is 0. The Hall–Kier alpha value is -2.53. The van der Waals surface area contributed by atoms with Crippen molar-refractivity contribution in [3.05, 3.63) is 54.9 Å². The van der Waals surface area contributed by atoms with Crippen molar-refractivity contribution in [1.82, 2.24) is 9.55 Å². The van der Waals surface area contributed by atoms with Crippen LogP contribution in [-0.2, 0) is 6.54 Å². The zero-order chi connectivity index (χ0) is 18.9. The van der Waals surface area contributed by atoms with E-state index >= 15 is 0 Å². The number of para-hydroxylation sites is 2. The van der Waals surface area contributed by atoms with Gasteiger partial charge in [0.15, 0.2) is 0 Å². The number of hydrogen-bond donors (Lipinski definition) is 1. The van der Waals surface area contributed by atoms with Crippen molar-refractivity contribution in [2.24, 2.45) is 0 Å². The molecule has 1 heterocycles. The highest BCUT2D eigenvalue weighted by Crippen LogP contribution is 2.18. The SMILES string of the molecule is CCCCCCOc1ccc(OCC(O)Cn2cnc3ccccc32)cc1. The lowest BCUT2D eigenvalue weighted by Gasteiger charge is -2.14. The largest absolute Gasteiger partial charge is 0.494 e. The molecule has 5 heteroatoms. The van der Waals surface area contributed by atoms with Gasteiger partial charge in [0, 0.05) is 0 Å². The number of unbranched alkanes of at least 4 members (excludes halogenated alkanes) is 3. The average molecular weight is 368 g/mol. The second-order valence-corrected chi connectivity index (χ2v) is 6.73. The van der Waals surface area contributed by atoms with Gasteiger partial charge in [-0.3, -0.25) is 0 Å². The van der Waals surface area contributed by atoms with Crippen molar-refractivity contribution in [3.8, 4) is 11.5 Å². The van der Waals surface area contributed by atoms with Gasteiger partial charge >= 0.3 is 0 Å². The number of benzene rings is 2. The molecule has 27 heavy (non-hydrogen) atoms. The summed E-state index contributed by atoms with van der Waals surface area (Å²) in [6.07, 6.45) is 5.92. The summed E-state index contributed by atoms with van der Waals surface area (Å²) in [5.41, 5.74) is 1.94. The van der Waals surface area contributed by atoms with Crippen molar-refractivity contribution in [1.29, 1.82) is 0 Å². The lowest BCUT2D eigenvalue weighted by Crippen LogP contribution is -2.23. The molecule has 0 saturated heterocycles. The fourth-order valence-corrected chi connectivity index (χ4v) is 2.98. The van der Waals surface area contributed by atoms with Crippen LogP contribution in [0.3, 0.4) is 0 Å².